The summed E-state index contributed by atoms with van der Waals surface area (Å²) in [6, 6.07) is 11.9. The number of piperidine rings is 2. The molecule has 15 nitrogen and oxygen atoms in total. The Labute approximate surface area is 372 Å². The molecule has 11 rings (SSSR count). The number of fused-ring (bicyclic) bond motifs is 6. The van der Waals surface area contributed by atoms with Gasteiger partial charge in [0.2, 0.25) is 11.8 Å². The molecule has 5 aliphatic rings. The molecule has 6 aromatic rings. The molecule has 2 bridgehead atoms. The van der Waals surface area contributed by atoms with E-state index in [0.717, 1.165) is 104 Å². The van der Waals surface area contributed by atoms with Crippen molar-refractivity contribution in [3.8, 4) is 11.8 Å². The van der Waals surface area contributed by atoms with Gasteiger partial charge in [0.1, 0.15) is 23.6 Å². The molecule has 3 amide bonds. The maximum atomic E-state index is 14.3. The number of ether oxygens (including phenoxy) is 2. The topological polar surface area (TPSA) is 161 Å². The second kappa shape index (κ2) is 17.3. The maximum Gasteiger partial charge on any atom is 0.284 e. The van der Waals surface area contributed by atoms with Crippen molar-refractivity contribution < 1.29 is 37.1 Å². The van der Waals surface area contributed by atoms with Gasteiger partial charge in [0, 0.05) is 61.5 Å². The Morgan fingerprint density at radius 1 is 1.02 bits per heavy atom. The Balaban J connectivity index is 0.658. The maximum absolute atomic E-state index is 14.3. The van der Waals surface area contributed by atoms with Crippen molar-refractivity contribution in [3.05, 3.63) is 83.6 Å². The number of carbonyl (C=O) groups excluding carboxylic acids is 3. The highest BCUT2D eigenvalue weighted by atomic mass is 19.3. The lowest BCUT2D eigenvalue weighted by Gasteiger charge is -2.36. The van der Waals surface area contributed by atoms with E-state index in [1.54, 1.807) is 23.3 Å². The summed E-state index contributed by atoms with van der Waals surface area (Å²) < 4.78 is 49.6. The lowest BCUT2D eigenvalue weighted by molar-refractivity contribution is -0.134. The highest BCUT2D eigenvalue weighted by Crippen LogP contribution is 2.39. The van der Waals surface area contributed by atoms with Crippen LogP contribution in [0.1, 0.15) is 103 Å². The van der Waals surface area contributed by atoms with Gasteiger partial charge >= 0.3 is 0 Å². The Bertz CT molecular complexity index is 2860. The highest BCUT2D eigenvalue weighted by Gasteiger charge is 2.40. The Morgan fingerprint density at radius 2 is 1.88 bits per heavy atom. The predicted molar refractivity (Wildman–Crippen MR) is 236 cm³/mol. The number of likely N-dealkylation sites (tertiary alicyclic amines) is 1. The number of morpholine rings is 1. The first-order valence-corrected chi connectivity index (χ1v) is 22.7. The van der Waals surface area contributed by atoms with E-state index in [2.05, 4.69) is 42.5 Å². The van der Waals surface area contributed by atoms with Crippen LogP contribution in [0.4, 0.5) is 20.3 Å². The summed E-state index contributed by atoms with van der Waals surface area (Å²) in [6.07, 6.45) is 10.9. The number of furan rings is 1. The molecule has 2 aromatic carbocycles. The van der Waals surface area contributed by atoms with Crippen molar-refractivity contribution in [2.45, 2.75) is 94.4 Å². The Hall–Kier alpha value is -6.22. The molecule has 4 aromatic heterocycles. The van der Waals surface area contributed by atoms with E-state index in [1.165, 1.54) is 10.7 Å². The summed E-state index contributed by atoms with van der Waals surface area (Å²) in [6.45, 7) is 4.57. The number of hydrogen-bond acceptors (Lipinski definition) is 11. The van der Waals surface area contributed by atoms with Gasteiger partial charge in [0.25, 0.3) is 12.3 Å². The van der Waals surface area contributed by atoms with Crippen LogP contribution in [-0.2, 0) is 19.1 Å². The summed E-state index contributed by atoms with van der Waals surface area (Å²) in [5.41, 5.74) is 2.46. The largest absolute Gasteiger partial charge is 0.464 e. The number of amides is 3. The van der Waals surface area contributed by atoms with Gasteiger partial charge in [-0.1, -0.05) is 24.0 Å². The summed E-state index contributed by atoms with van der Waals surface area (Å²) in [4.78, 5) is 47.5. The smallest absolute Gasteiger partial charge is 0.284 e. The lowest BCUT2D eigenvalue weighted by Crippen LogP contribution is -2.40. The number of anilines is 2. The quantitative estimate of drug-likeness (QED) is 0.110. The lowest BCUT2D eigenvalue weighted by atomic mass is 9.85. The van der Waals surface area contributed by atoms with Crippen LogP contribution in [0.2, 0.25) is 0 Å². The van der Waals surface area contributed by atoms with Crippen molar-refractivity contribution in [3.63, 3.8) is 0 Å². The molecule has 3 unspecified atom stereocenters. The van der Waals surface area contributed by atoms with Crippen LogP contribution in [0, 0.1) is 17.8 Å². The summed E-state index contributed by atoms with van der Waals surface area (Å²) in [5.74, 6) is 6.21. The van der Waals surface area contributed by atoms with Gasteiger partial charge in [-0.25, -0.2) is 18.3 Å². The monoisotopic (exact) mass is 885 g/mol. The van der Waals surface area contributed by atoms with Crippen molar-refractivity contribution in [2.75, 3.05) is 49.6 Å². The number of carbonyl (C=O) groups is 3. The summed E-state index contributed by atoms with van der Waals surface area (Å²) in [7, 11) is 0. The first kappa shape index (κ1) is 41.5. The van der Waals surface area contributed by atoms with E-state index >= 15 is 0 Å². The number of nitrogens with zero attached hydrogens (tertiary/aromatic N) is 7. The third-order valence-corrected chi connectivity index (χ3v) is 14.1. The Kier molecular flexibility index (Phi) is 11.0. The third kappa shape index (κ3) is 8.12. The first-order chi connectivity index (χ1) is 31.7. The van der Waals surface area contributed by atoms with Gasteiger partial charge in [-0.15, -0.1) is 0 Å². The number of alkyl halides is 2. The van der Waals surface area contributed by atoms with Crippen molar-refractivity contribution in [2.24, 2.45) is 5.92 Å². The van der Waals surface area contributed by atoms with Crippen LogP contribution < -0.4 is 15.5 Å². The predicted octanol–water partition coefficient (Wildman–Crippen LogP) is 6.78. The number of hydrogen-bond donors (Lipinski definition) is 2. The molecular weight excluding hydrogens is 837 g/mol. The van der Waals surface area contributed by atoms with E-state index < -0.39 is 23.9 Å². The number of aromatic nitrogens is 5. The molecule has 2 N–H and O–H groups in total. The molecular formula is C48H49F2N9O6. The van der Waals surface area contributed by atoms with Crippen LogP contribution in [0.3, 0.4) is 0 Å². The van der Waals surface area contributed by atoms with E-state index in [-0.39, 0.29) is 47.4 Å². The molecule has 1 aliphatic carbocycles. The standard InChI is InChI=1S/C48H49F2N9O6/c49-45(50)44-39(52-48(62)37-22-51-58-19-16-41(53-46(37)58)57-24-33-21-31(57)26-64-33)25-59(55-44)30-8-6-28(7-9-30)23-56-17-14-32(15-18-56)63-20-2-4-29-3-1-5-35-34(29)10-12-40-43(35)38(27-65-40)36-11-13-42(60)54-47(36)61/h1,3,5,10,12,16,19,22,25,27-28,30-33,36,45H,6-9,11,13-15,17-18,20-21,23-24,26H2,(H,52,62)(H,54,60,61). The van der Waals surface area contributed by atoms with Gasteiger partial charge in [-0.3, -0.25) is 24.4 Å². The molecule has 0 spiro atoms. The van der Waals surface area contributed by atoms with Gasteiger partial charge in [-0.05, 0) is 92.3 Å². The molecule has 0 radical (unpaired) electrons. The van der Waals surface area contributed by atoms with Crippen LogP contribution in [-0.4, -0.2) is 105 Å². The average molecular weight is 886 g/mol. The van der Waals surface area contributed by atoms with E-state index in [0.29, 0.717) is 43.2 Å². The molecule has 336 valence electrons. The van der Waals surface area contributed by atoms with E-state index in [1.807, 2.05) is 36.4 Å². The average Bonchev–Trinajstić information content (AvgIpc) is 4.18. The van der Waals surface area contributed by atoms with E-state index in [4.69, 9.17) is 18.9 Å². The van der Waals surface area contributed by atoms with Gasteiger partial charge < -0.3 is 29.0 Å². The van der Waals surface area contributed by atoms with Gasteiger partial charge in [0.15, 0.2) is 11.3 Å². The van der Waals surface area contributed by atoms with Gasteiger partial charge in [-0.2, -0.15) is 10.2 Å². The van der Waals surface area contributed by atoms with Crippen LogP contribution in [0.5, 0.6) is 0 Å². The summed E-state index contributed by atoms with van der Waals surface area (Å²) >= 11 is 0. The van der Waals surface area contributed by atoms with Gasteiger partial charge in [0.05, 0.1) is 55.0 Å². The minimum Gasteiger partial charge on any atom is -0.464 e. The van der Waals surface area contributed by atoms with Crippen LogP contribution in [0.15, 0.2) is 65.7 Å². The van der Waals surface area contributed by atoms with Crippen molar-refractivity contribution in [1.29, 1.82) is 0 Å². The molecule has 4 saturated heterocycles. The van der Waals surface area contributed by atoms with Crippen molar-refractivity contribution >= 4 is 56.6 Å². The zero-order chi connectivity index (χ0) is 44.2. The SMILES string of the molecule is O=C1CCC(c2coc3ccc4c(C#CCOC5CCN(CC6CCC(n7cc(NC(=O)c8cnn9ccc(N%10CC%11CC%10CO%11)nc89)c(C(F)F)n7)CC6)CC5)cccc4c23)C(=O)N1. The fraction of sp³-hybridized carbons (Fsp3) is 0.458. The molecule has 8 heterocycles. The number of imide groups is 1. The zero-order valence-electron chi connectivity index (χ0n) is 35.8. The highest BCUT2D eigenvalue weighted by molar-refractivity contribution is 6.12. The number of rotatable bonds is 10. The number of benzene rings is 2. The minimum atomic E-state index is -2.86. The number of halogens is 2. The molecule has 4 aliphatic heterocycles. The number of nitrogens with one attached hydrogen (secondary N) is 2. The normalized spacial score (nSPS) is 24.0. The van der Waals surface area contributed by atoms with Crippen LogP contribution >= 0.6 is 0 Å². The van der Waals surface area contributed by atoms with Crippen LogP contribution in [0.25, 0.3) is 27.4 Å². The molecule has 5 fully saturated rings. The second-order valence-corrected chi connectivity index (χ2v) is 18.1. The molecule has 1 saturated carbocycles. The molecule has 3 atom stereocenters. The first-order valence-electron chi connectivity index (χ1n) is 22.7. The zero-order valence-corrected chi connectivity index (χ0v) is 35.8. The molecule has 65 heavy (non-hydrogen) atoms. The Morgan fingerprint density at radius 3 is 2.66 bits per heavy atom. The summed E-state index contributed by atoms with van der Waals surface area (Å²) in [5, 5.41) is 16.5. The van der Waals surface area contributed by atoms with E-state index in [9.17, 15) is 23.2 Å². The fourth-order valence-corrected chi connectivity index (χ4v) is 10.7. The molecule has 17 heteroatoms. The second-order valence-electron chi connectivity index (χ2n) is 18.1. The van der Waals surface area contributed by atoms with Crippen molar-refractivity contribution in [1.82, 2.24) is 34.6 Å². The fourth-order valence-electron chi connectivity index (χ4n) is 10.7. The third-order valence-electron chi connectivity index (χ3n) is 14.1. The minimum absolute atomic E-state index is 0.000504.